The molecule has 1 fully saturated rings. The van der Waals surface area contributed by atoms with Gasteiger partial charge in [-0.15, -0.1) is 0 Å². The molecule has 0 atom stereocenters. The van der Waals surface area contributed by atoms with Gasteiger partial charge in [-0.25, -0.2) is 0 Å². The predicted molar refractivity (Wildman–Crippen MR) is 74.9 cm³/mol. The Bertz CT molecular complexity index is 381. The Hall–Kier alpha value is -0.940. The van der Waals surface area contributed by atoms with Crippen LogP contribution in [-0.4, -0.2) is 40.2 Å². The van der Waals surface area contributed by atoms with Crippen molar-refractivity contribution in [3.05, 3.63) is 11.7 Å². The van der Waals surface area contributed by atoms with E-state index < -0.39 is 0 Å². The zero-order valence-electron chi connectivity index (χ0n) is 12.2. The minimum absolute atomic E-state index is 0.108. The first-order chi connectivity index (χ1) is 9.15. The Morgan fingerprint density at radius 3 is 2.58 bits per heavy atom. The van der Waals surface area contributed by atoms with E-state index in [2.05, 4.69) is 28.9 Å². The van der Waals surface area contributed by atoms with E-state index in [1.54, 1.807) is 0 Å². The number of nitrogens with two attached hydrogens (primary N) is 1. The molecule has 1 aliphatic carbocycles. The maximum Gasteiger partial charge on any atom is 0.228 e. The molecular formula is C14H26N4O. The molecule has 1 aromatic rings. The Morgan fingerprint density at radius 1 is 1.26 bits per heavy atom. The van der Waals surface area contributed by atoms with Crippen LogP contribution in [0.3, 0.4) is 0 Å². The van der Waals surface area contributed by atoms with Crippen molar-refractivity contribution < 1.29 is 4.52 Å². The van der Waals surface area contributed by atoms with Crippen LogP contribution in [0.25, 0.3) is 0 Å². The standard InChI is InChI=1S/C14H26N4O/c1-3-18(4-2)10-7-12-16-13(19-17-12)11-14(15)8-5-6-9-14/h3-11,15H2,1-2H3. The summed E-state index contributed by atoms with van der Waals surface area (Å²) in [4.78, 5) is 6.83. The van der Waals surface area contributed by atoms with E-state index in [4.69, 9.17) is 10.3 Å². The predicted octanol–water partition coefficient (Wildman–Crippen LogP) is 1.77. The lowest BCUT2D eigenvalue weighted by atomic mass is 9.95. The van der Waals surface area contributed by atoms with Crippen LogP contribution in [0.15, 0.2) is 4.52 Å². The van der Waals surface area contributed by atoms with Gasteiger partial charge in [-0.1, -0.05) is 31.8 Å². The highest BCUT2D eigenvalue weighted by Crippen LogP contribution is 2.29. The van der Waals surface area contributed by atoms with Crippen LogP contribution in [0.4, 0.5) is 0 Å². The van der Waals surface area contributed by atoms with Gasteiger partial charge in [0, 0.05) is 24.9 Å². The molecule has 1 saturated carbocycles. The number of rotatable bonds is 7. The molecule has 0 spiro atoms. The van der Waals surface area contributed by atoms with Crippen molar-refractivity contribution in [1.82, 2.24) is 15.0 Å². The molecular weight excluding hydrogens is 240 g/mol. The van der Waals surface area contributed by atoms with E-state index in [9.17, 15) is 0 Å². The van der Waals surface area contributed by atoms with Crippen LogP contribution in [0, 0.1) is 0 Å². The maximum absolute atomic E-state index is 6.33. The van der Waals surface area contributed by atoms with E-state index >= 15 is 0 Å². The Kier molecular flexibility index (Phi) is 4.93. The van der Waals surface area contributed by atoms with Gasteiger partial charge in [0.05, 0.1) is 0 Å². The summed E-state index contributed by atoms with van der Waals surface area (Å²) in [5, 5.41) is 4.06. The summed E-state index contributed by atoms with van der Waals surface area (Å²) in [7, 11) is 0. The molecule has 0 unspecified atom stereocenters. The Balaban J connectivity index is 1.85. The second kappa shape index (κ2) is 6.48. The molecule has 0 aromatic carbocycles. The summed E-state index contributed by atoms with van der Waals surface area (Å²) in [6, 6.07) is 0. The highest BCUT2D eigenvalue weighted by Gasteiger charge is 2.31. The van der Waals surface area contributed by atoms with Gasteiger partial charge < -0.3 is 15.2 Å². The van der Waals surface area contributed by atoms with Gasteiger partial charge in [-0.2, -0.15) is 4.98 Å². The van der Waals surface area contributed by atoms with Crippen molar-refractivity contribution >= 4 is 0 Å². The van der Waals surface area contributed by atoms with E-state index in [0.29, 0.717) is 5.89 Å². The summed E-state index contributed by atoms with van der Waals surface area (Å²) in [6.45, 7) is 7.45. The normalized spacial score (nSPS) is 18.3. The first-order valence-corrected chi connectivity index (χ1v) is 7.48. The fraction of sp³-hybridized carbons (Fsp3) is 0.857. The van der Waals surface area contributed by atoms with Crippen molar-refractivity contribution in [2.45, 2.75) is 57.9 Å². The second-order valence-corrected chi connectivity index (χ2v) is 5.63. The molecule has 0 bridgehead atoms. The topological polar surface area (TPSA) is 68.2 Å². The molecule has 1 aliphatic rings. The molecule has 0 radical (unpaired) electrons. The van der Waals surface area contributed by atoms with Gasteiger partial charge in [0.15, 0.2) is 5.82 Å². The maximum atomic E-state index is 6.33. The summed E-state index contributed by atoms with van der Waals surface area (Å²) >= 11 is 0. The fourth-order valence-electron chi connectivity index (χ4n) is 2.82. The lowest BCUT2D eigenvalue weighted by molar-refractivity contribution is 0.301. The van der Waals surface area contributed by atoms with Gasteiger partial charge in [0.1, 0.15) is 0 Å². The smallest absolute Gasteiger partial charge is 0.228 e. The first-order valence-electron chi connectivity index (χ1n) is 7.48. The third-order valence-electron chi connectivity index (χ3n) is 4.16. The first kappa shape index (κ1) is 14.5. The number of aromatic nitrogens is 2. The van der Waals surface area contributed by atoms with Gasteiger partial charge in [-0.3, -0.25) is 0 Å². The van der Waals surface area contributed by atoms with E-state index in [0.717, 1.165) is 51.1 Å². The molecule has 5 nitrogen and oxygen atoms in total. The molecule has 1 aromatic heterocycles. The largest absolute Gasteiger partial charge is 0.339 e. The van der Waals surface area contributed by atoms with Crippen molar-refractivity contribution in [2.75, 3.05) is 19.6 Å². The number of hydrogen-bond donors (Lipinski definition) is 1. The SMILES string of the molecule is CCN(CC)CCc1noc(CC2(N)CCCC2)n1. The highest BCUT2D eigenvalue weighted by molar-refractivity contribution is 4.98. The van der Waals surface area contributed by atoms with E-state index in [1.807, 2.05) is 0 Å². The average Bonchev–Trinajstić information content (AvgIpc) is 3.01. The van der Waals surface area contributed by atoms with Crippen LogP contribution >= 0.6 is 0 Å². The van der Waals surface area contributed by atoms with Gasteiger partial charge in [0.25, 0.3) is 0 Å². The minimum Gasteiger partial charge on any atom is -0.339 e. The Labute approximate surface area is 115 Å². The summed E-state index contributed by atoms with van der Waals surface area (Å²) in [6.07, 6.45) is 6.17. The molecule has 2 rings (SSSR count). The zero-order chi connectivity index (χ0) is 13.7. The van der Waals surface area contributed by atoms with Crippen molar-refractivity contribution in [3.8, 4) is 0 Å². The van der Waals surface area contributed by atoms with Crippen molar-refractivity contribution in [1.29, 1.82) is 0 Å². The lowest BCUT2D eigenvalue weighted by Gasteiger charge is -2.20. The quantitative estimate of drug-likeness (QED) is 0.814. The van der Waals surface area contributed by atoms with Crippen molar-refractivity contribution in [2.24, 2.45) is 5.73 Å². The van der Waals surface area contributed by atoms with Gasteiger partial charge in [-0.05, 0) is 25.9 Å². The molecule has 5 heteroatoms. The summed E-state index contributed by atoms with van der Waals surface area (Å²) in [5.74, 6) is 1.52. The second-order valence-electron chi connectivity index (χ2n) is 5.63. The van der Waals surface area contributed by atoms with Crippen LogP contribution in [0.5, 0.6) is 0 Å². The molecule has 0 amide bonds. The summed E-state index contributed by atoms with van der Waals surface area (Å²) < 4.78 is 5.33. The Morgan fingerprint density at radius 2 is 1.95 bits per heavy atom. The minimum atomic E-state index is -0.108. The monoisotopic (exact) mass is 266 g/mol. The number of nitrogens with zero attached hydrogens (tertiary/aromatic N) is 3. The van der Waals surface area contributed by atoms with Crippen molar-refractivity contribution in [3.63, 3.8) is 0 Å². The zero-order valence-corrected chi connectivity index (χ0v) is 12.2. The van der Waals surface area contributed by atoms with Crippen LogP contribution in [-0.2, 0) is 12.8 Å². The van der Waals surface area contributed by atoms with Gasteiger partial charge in [0.2, 0.25) is 5.89 Å². The highest BCUT2D eigenvalue weighted by atomic mass is 16.5. The number of hydrogen-bond acceptors (Lipinski definition) is 5. The third-order valence-corrected chi connectivity index (χ3v) is 4.16. The third kappa shape index (κ3) is 4.01. The molecule has 108 valence electrons. The summed E-state index contributed by atoms with van der Waals surface area (Å²) in [5.41, 5.74) is 6.22. The molecule has 1 heterocycles. The molecule has 19 heavy (non-hydrogen) atoms. The van der Waals surface area contributed by atoms with E-state index in [1.165, 1.54) is 12.8 Å². The van der Waals surface area contributed by atoms with Crippen LogP contribution < -0.4 is 5.73 Å². The van der Waals surface area contributed by atoms with Crippen LogP contribution in [0.1, 0.15) is 51.2 Å². The average molecular weight is 266 g/mol. The fourth-order valence-corrected chi connectivity index (χ4v) is 2.82. The van der Waals surface area contributed by atoms with E-state index in [-0.39, 0.29) is 5.54 Å². The molecule has 0 aliphatic heterocycles. The lowest BCUT2D eigenvalue weighted by Crippen LogP contribution is -2.38. The number of likely N-dealkylation sites (N-methyl/N-ethyl adjacent to an activating group) is 1. The molecule has 0 saturated heterocycles. The van der Waals surface area contributed by atoms with Crippen LogP contribution in [0.2, 0.25) is 0 Å². The molecule has 2 N–H and O–H groups in total. The van der Waals surface area contributed by atoms with Gasteiger partial charge >= 0.3 is 0 Å².